The summed E-state index contributed by atoms with van der Waals surface area (Å²) in [7, 11) is 0. The highest BCUT2D eigenvalue weighted by Crippen LogP contribution is 2.13. The molecule has 0 amide bonds. The van der Waals surface area contributed by atoms with Crippen LogP contribution in [0.2, 0.25) is 0 Å². The van der Waals surface area contributed by atoms with Crippen LogP contribution in [0.3, 0.4) is 0 Å². The van der Waals surface area contributed by atoms with E-state index in [9.17, 15) is 0 Å². The van der Waals surface area contributed by atoms with E-state index in [4.69, 9.17) is 0 Å². The Hall–Kier alpha value is -1.61. The van der Waals surface area contributed by atoms with E-state index in [2.05, 4.69) is 48.5 Å². The summed E-state index contributed by atoms with van der Waals surface area (Å²) in [6.07, 6.45) is 3.79. The number of rotatable bonds is 5. The lowest BCUT2D eigenvalue weighted by atomic mass is 10.1. The van der Waals surface area contributed by atoms with Crippen molar-refractivity contribution in [2.75, 3.05) is 6.54 Å². The SMILES string of the molecule is Cc1cccc([C@H](C)NCCn2cccn2)c1. The average Bonchev–Trinajstić information content (AvgIpc) is 2.82. The Morgan fingerprint density at radius 2 is 2.24 bits per heavy atom. The van der Waals surface area contributed by atoms with Crippen molar-refractivity contribution < 1.29 is 0 Å². The van der Waals surface area contributed by atoms with Gasteiger partial charge in [-0.25, -0.2) is 0 Å². The predicted octanol–water partition coefficient (Wildman–Crippen LogP) is 2.54. The predicted molar refractivity (Wildman–Crippen MR) is 69.8 cm³/mol. The lowest BCUT2D eigenvalue weighted by Crippen LogP contribution is -2.23. The Labute approximate surface area is 102 Å². The summed E-state index contributed by atoms with van der Waals surface area (Å²) in [6.45, 7) is 6.15. The molecule has 1 aromatic heterocycles. The zero-order chi connectivity index (χ0) is 12.1. The van der Waals surface area contributed by atoms with Gasteiger partial charge >= 0.3 is 0 Å². The number of aromatic nitrogens is 2. The summed E-state index contributed by atoms with van der Waals surface area (Å²) in [5, 5.41) is 7.68. The van der Waals surface area contributed by atoms with Gasteiger partial charge in [-0.1, -0.05) is 29.8 Å². The molecule has 1 aromatic carbocycles. The summed E-state index contributed by atoms with van der Waals surface area (Å²) in [6, 6.07) is 11.0. The van der Waals surface area contributed by atoms with Crippen LogP contribution in [0.5, 0.6) is 0 Å². The van der Waals surface area contributed by atoms with Gasteiger partial charge in [0.1, 0.15) is 0 Å². The van der Waals surface area contributed by atoms with Gasteiger partial charge in [-0.2, -0.15) is 5.10 Å². The zero-order valence-corrected chi connectivity index (χ0v) is 10.4. The second-order valence-electron chi connectivity index (χ2n) is 4.36. The van der Waals surface area contributed by atoms with Crippen LogP contribution in [0.1, 0.15) is 24.1 Å². The average molecular weight is 229 g/mol. The summed E-state index contributed by atoms with van der Waals surface area (Å²) >= 11 is 0. The molecular weight excluding hydrogens is 210 g/mol. The topological polar surface area (TPSA) is 29.9 Å². The first kappa shape index (κ1) is 11.9. The van der Waals surface area contributed by atoms with Gasteiger partial charge in [0.15, 0.2) is 0 Å². The third-order valence-electron chi connectivity index (χ3n) is 2.89. The molecule has 3 nitrogen and oxygen atoms in total. The number of hydrogen-bond donors (Lipinski definition) is 1. The Kier molecular flexibility index (Phi) is 3.94. The molecule has 1 atom stereocenters. The Balaban J connectivity index is 1.83. The molecule has 0 saturated heterocycles. The molecule has 0 aliphatic carbocycles. The van der Waals surface area contributed by atoms with E-state index in [1.807, 2.05) is 23.1 Å². The molecule has 0 bridgehead atoms. The van der Waals surface area contributed by atoms with Crippen molar-refractivity contribution in [2.45, 2.75) is 26.4 Å². The lowest BCUT2D eigenvalue weighted by Gasteiger charge is -2.14. The van der Waals surface area contributed by atoms with Gasteiger partial charge in [0.2, 0.25) is 0 Å². The standard InChI is InChI=1S/C14H19N3/c1-12-5-3-6-14(11-12)13(2)15-8-10-17-9-4-7-16-17/h3-7,9,11,13,15H,8,10H2,1-2H3/t13-/m0/s1. The van der Waals surface area contributed by atoms with E-state index in [1.165, 1.54) is 11.1 Å². The van der Waals surface area contributed by atoms with Crippen molar-refractivity contribution in [1.82, 2.24) is 15.1 Å². The van der Waals surface area contributed by atoms with Gasteiger partial charge in [0.25, 0.3) is 0 Å². The highest BCUT2D eigenvalue weighted by molar-refractivity contribution is 5.24. The summed E-state index contributed by atoms with van der Waals surface area (Å²) in [4.78, 5) is 0. The van der Waals surface area contributed by atoms with Crippen LogP contribution in [0, 0.1) is 6.92 Å². The van der Waals surface area contributed by atoms with Crippen LogP contribution < -0.4 is 5.32 Å². The van der Waals surface area contributed by atoms with Gasteiger partial charge in [-0.05, 0) is 25.5 Å². The van der Waals surface area contributed by atoms with Crippen molar-refractivity contribution in [3.63, 3.8) is 0 Å². The van der Waals surface area contributed by atoms with Gasteiger partial charge in [0.05, 0.1) is 6.54 Å². The van der Waals surface area contributed by atoms with Crippen LogP contribution in [-0.4, -0.2) is 16.3 Å². The molecule has 17 heavy (non-hydrogen) atoms. The van der Waals surface area contributed by atoms with E-state index >= 15 is 0 Å². The Bertz CT molecular complexity index is 448. The van der Waals surface area contributed by atoms with Gasteiger partial charge in [0, 0.05) is 25.0 Å². The van der Waals surface area contributed by atoms with Gasteiger partial charge in [-0.3, -0.25) is 4.68 Å². The number of benzene rings is 1. The minimum atomic E-state index is 0.380. The van der Waals surface area contributed by atoms with Crippen LogP contribution in [0.15, 0.2) is 42.7 Å². The fourth-order valence-corrected chi connectivity index (χ4v) is 1.89. The molecule has 0 spiro atoms. The van der Waals surface area contributed by atoms with E-state index in [0.717, 1.165) is 13.1 Å². The second kappa shape index (κ2) is 5.64. The largest absolute Gasteiger partial charge is 0.308 e. The lowest BCUT2D eigenvalue weighted by molar-refractivity contribution is 0.507. The Morgan fingerprint density at radius 3 is 2.94 bits per heavy atom. The third-order valence-corrected chi connectivity index (χ3v) is 2.89. The molecule has 0 radical (unpaired) electrons. The monoisotopic (exact) mass is 229 g/mol. The van der Waals surface area contributed by atoms with Crippen molar-refractivity contribution in [3.8, 4) is 0 Å². The van der Waals surface area contributed by atoms with Gasteiger partial charge < -0.3 is 5.32 Å². The molecule has 2 rings (SSSR count). The van der Waals surface area contributed by atoms with Gasteiger partial charge in [-0.15, -0.1) is 0 Å². The molecule has 2 aromatic rings. The van der Waals surface area contributed by atoms with Crippen molar-refractivity contribution in [2.24, 2.45) is 0 Å². The minimum absolute atomic E-state index is 0.380. The highest BCUT2D eigenvalue weighted by Gasteiger charge is 2.03. The first-order valence-electron chi connectivity index (χ1n) is 6.03. The maximum atomic E-state index is 4.18. The number of hydrogen-bond acceptors (Lipinski definition) is 2. The minimum Gasteiger partial charge on any atom is -0.308 e. The van der Waals surface area contributed by atoms with Crippen LogP contribution >= 0.6 is 0 Å². The number of nitrogens with one attached hydrogen (secondary N) is 1. The van der Waals surface area contributed by atoms with Crippen LogP contribution in [0.4, 0.5) is 0 Å². The molecule has 0 saturated carbocycles. The molecule has 90 valence electrons. The van der Waals surface area contributed by atoms with Crippen LogP contribution in [0.25, 0.3) is 0 Å². The maximum Gasteiger partial charge on any atom is 0.0534 e. The molecule has 1 N–H and O–H groups in total. The summed E-state index contributed by atoms with van der Waals surface area (Å²) in [5.41, 5.74) is 2.65. The molecule has 0 unspecified atom stereocenters. The van der Waals surface area contributed by atoms with Crippen molar-refractivity contribution in [3.05, 3.63) is 53.9 Å². The highest BCUT2D eigenvalue weighted by atomic mass is 15.3. The first-order valence-corrected chi connectivity index (χ1v) is 6.03. The molecule has 1 heterocycles. The summed E-state index contributed by atoms with van der Waals surface area (Å²) < 4.78 is 1.94. The molecule has 0 fully saturated rings. The summed E-state index contributed by atoms with van der Waals surface area (Å²) in [5.74, 6) is 0. The van der Waals surface area contributed by atoms with E-state index in [-0.39, 0.29) is 0 Å². The van der Waals surface area contributed by atoms with Crippen molar-refractivity contribution in [1.29, 1.82) is 0 Å². The molecular formula is C14H19N3. The Morgan fingerprint density at radius 1 is 1.35 bits per heavy atom. The second-order valence-corrected chi connectivity index (χ2v) is 4.36. The quantitative estimate of drug-likeness (QED) is 0.854. The maximum absolute atomic E-state index is 4.18. The smallest absolute Gasteiger partial charge is 0.0534 e. The first-order chi connectivity index (χ1) is 8.25. The number of aryl methyl sites for hydroxylation is 1. The molecule has 3 heteroatoms. The van der Waals surface area contributed by atoms with E-state index in [1.54, 1.807) is 0 Å². The fraction of sp³-hybridized carbons (Fsp3) is 0.357. The van der Waals surface area contributed by atoms with E-state index < -0.39 is 0 Å². The third kappa shape index (κ3) is 3.43. The van der Waals surface area contributed by atoms with E-state index in [0.29, 0.717) is 6.04 Å². The zero-order valence-electron chi connectivity index (χ0n) is 10.4. The molecule has 0 aliphatic heterocycles. The fourth-order valence-electron chi connectivity index (χ4n) is 1.89. The number of nitrogens with zero attached hydrogens (tertiary/aromatic N) is 2. The van der Waals surface area contributed by atoms with Crippen LogP contribution in [-0.2, 0) is 6.54 Å². The normalized spacial score (nSPS) is 12.6. The molecule has 0 aliphatic rings. The van der Waals surface area contributed by atoms with Crippen molar-refractivity contribution >= 4 is 0 Å².